The van der Waals surface area contributed by atoms with Gasteiger partial charge in [-0.1, -0.05) is 12.1 Å². The molecule has 2 aliphatic rings. The summed E-state index contributed by atoms with van der Waals surface area (Å²) >= 11 is 0. The summed E-state index contributed by atoms with van der Waals surface area (Å²) in [5.41, 5.74) is 2.93. The predicted octanol–water partition coefficient (Wildman–Crippen LogP) is 3.31. The Labute approximate surface area is 152 Å². The molecule has 5 heteroatoms. The summed E-state index contributed by atoms with van der Waals surface area (Å²) in [4.78, 5) is 12.7. The maximum Gasteiger partial charge on any atom is 0.254 e. The Morgan fingerprint density at radius 2 is 2.08 bits per heavy atom. The van der Waals surface area contributed by atoms with Gasteiger partial charge in [0.25, 0.3) is 5.91 Å². The zero-order valence-electron chi connectivity index (χ0n) is 14.7. The number of aliphatic hydroxyl groups is 1. The van der Waals surface area contributed by atoms with Crippen LogP contribution in [0.5, 0.6) is 5.75 Å². The molecule has 1 aliphatic heterocycles. The molecule has 4 nitrogen and oxygen atoms in total. The van der Waals surface area contributed by atoms with Gasteiger partial charge in [0.15, 0.2) is 0 Å². The maximum atomic E-state index is 14.2. The number of aliphatic hydroxyl groups excluding tert-OH is 1. The number of carbonyl (C=O) groups is 1. The molecule has 1 saturated carbocycles. The third-order valence-electron chi connectivity index (χ3n) is 5.35. The second-order valence-electron chi connectivity index (χ2n) is 7.29. The summed E-state index contributed by atoms with van der Waals surface area (Å²) in [5.74, 6) is 0.0859. The van der Waals surface area contributed by atoms with Crippen LogP contribution in [0.2, 0.25) is 0 Å². The summed E-state index contributed by atoms with van der Waals surface area (Å²) in [7, 11) is 0. The van der Waals surface area contributed by atoms with E-state index >= 15 is 0 Å². The Bertz CT molecular complexity index is 845. The number of halogens is 1. The molecule has 0 aromatic heterocycles. The predicted molar refractivity (Wildman–Crippen MR) is 95.7 cm³/mol. The number of nitrogens with one attached hydrogen (secondary N) is 1. The summed E-state index contributed by atoms with van der Waals surface area (Å²) in [6, 6.07) is 10.3. The summed E-state index contributed by atoms with van der Waals surface area (Å²) < 4.78 is 19.7. The van der Waals surface area contributed by atoms with Crippen LogP contribution in [0.1, 0.15) is 45.9 Å². The number of rotatable bonds is 4. The second-order valence-corrected chi connectivity index (χ2v) is 7.29. The van der Waals surface area contributed by atoms with Crippen LogP contribution < -0.4 is 10.1 Å². The lowest BCUT2D eigenvalue weighted by atomic mass is 9.74. The molecule has 0 saturated heterocycles. The van der Waals surface area contributed by atoms with Crippen molar-refractivity contribution in [2.24, 2.45) is 5.92 Å². The third-order valence-corrected chi connectivity index (χ3v) is 5.35. The van der Waals surface area contributed by atoms with Crippen molar-refractivity contribution in [3.05, 3.63) is 64.5 Å². The number of hydrogen-bond donors (Lipinski definition) is 2. The van der Waals surface area contributed by atoms with E-state index in [4.69, 9.17) is 4.74 Å². The van der Waals surface area contributed by atoms with E-state index in [0.717, 1.165) is 28.9 Å². The van der Waals surface area contributed by atoms with Gasteiger partial charge in [-0.05, 0) is 66.6 Å². The molecule has 4 rings (SSSR count). The molecule has 0 radical (unpaired) electrons. The van der Waals surface area contributed by atoms with Crippen LogP contribution in [0.3, 0.4) is 0 Å². The summed E-state index contributed by atoms with van der Waals surface area (Å²) in [6.07, 6.45) is 1.79. The number of amides is 1. The lowest BCUT2D eigenvalue weighted by Gasteiger charge is -2.38. The van der Waals surface area contributed by atoms with Crippen molar-refractivity contribution in [3.63, 3.8) is 0 Å². The Hall–Kier alpha value is -2.40. The van der Waals surface area contributed by atoms with Crippen LogP contribution in [0, 0.1) is 18.7 Å². The lowest BCUT2D eigenvalue weighted by molar-refractivity contribution is 0.0234. The number of aryl methyl sites for hydroxylation is 1. The number of hydrogen-bond acceptors (Lipinski definition) is 3. The topological polar surface area (TPSA) is 58.6 Å². The molecule has 1 unspecified atom stereocenters. The Balaban J connectivity index is 1.60. The van der Waals surface area contributed by atoms with Crippen LogP contribution in [-0.4, -0.2) is 23.7 Å². The molecule has 1 atom stereocenters. The van der Waals surface area contributed by atoms with Gasteiger partial charge in [0.2, 0.25) is 0 Å². The van der Waals surface area contributed by atoms with Crippen LogP contribution in [-0.2, 0) is 6.42 Å². The van der Waals surface area contributed by atoms with Gasteiger partial charge in [-0.3, -0.25) is 4.79 Å². The lowest BCUT2D eigenvalue weighted by Crippen LogP contribution is -2.41. The number of benzene rings is 2. The van der Waals surface area contributed by atoms with E-state index in [1.54, 1.807) is 13.0 Å². The largest absolute Gasteiger partial charge is 0.493 e. The Morgan fingerprint density at radius 1 is 1.27 bits per heavy atom. The summed E-state index contributed by atoms with van der Waals surface area (Å²) in [5, 5.41) is 12.7. The van der Waals surface area contributed by atoms with Crippen molar-refractivity contribution in [3.8, 4) is 5.75 Å². The fourth-order valence-corrected chi connectivity index (χ4v) is 3.80. The Morgan fingerprint density at radius 3 is 2.81 bits per heavy atom. The van der Waals surface area contributed by atoms with Crippen LogP contribution in [0.4, 0.5) is 4.39 Å². The molecule has 2 N–H and O–H groups in total. The highest BCUT2D eigenvalue weighted by Crippen LogP contribution is 2.40. The molecule has 1 fully saturated rings. The highest BCUT2D eigenvalue weighted by Gasteiger charge is 2.36. The quantitative estimate of drug-likeness (QED) is 0.885. The Kier molecular flexibility index (Phi) is 4.41. The van der Waals surface area contributed by atoms with Gasteiger partial charge in [-0.15, -0.1) is 0 Å². The van der Waals surface area contributed by atoms with Crippen molar-refractivity contribution >= 4 is 5.91 Å². The van der Waals surface area contributed by atoms with Crippen molar-refractivity contribution < 1.29 is 19.0 Å². The highest BCUT2D eigenvalue weighted by molar-refractivity contribution is 5.94. The molecule has 26 heavy (non-hydrogen) atoms. The first-order valence-electron chi connectivity index (χ1n) is 9.02. The minimum atomic E-state index is -0.516. The van der Waals surface area contributed by atoms with Crippen LogP contribution >= 0.6 is 0 Å². The minimum Gasteiger partial charge on any atom is -0.493 e. The normalized spacial score (nSPS) is 22.1. The maximum absolute atomic E-state index is 14.2. The van der Waals surface area contributed by atoms with Crippen LogP contribution in [0.15, 0.2) is 36.4 Å². The average molecular weight is 355 g/mol. The molecule has 1 heterocycles. The van der Waals surface area contributed by atoms with Gasteiger partial charge in [0.1, 0.15) is 11.6 Å². The van der Waals surface area contributed by atoms with E-state index in [1.165, 1.54) is 12.1 Å². The first-order valence-corrected chi connectivity index (χ1v) is 9.02. The van der Waals surface area contributed by atoms with E-state index in [0.29, 0.717) is 19.4 Å². The fraction of sp³-hybridized carbons (Fsp3) is 0.381. The van der Waals surface area contributed by atoms with Gasteiger partial charge in [0, 0.05) is 6.42 Å². The van der Waals surface area contributed by atoms with Gasteiger partial charge in [0.05, 0.1) is 24.3 Å². The zero-order chi connectivity index (χ0) is 18.3. The van der Waals surface area contributed by atoms with E-state index in [1.807, 2.05) is 12.1 Å². The fourth-order valence-electron chi connectivity index (χ4n) is 3.80. The van der Waals surface area contributed by atoms with E-state index in [2.05, 4.69) is 11.4 Å². The summed E-state index contributed by atoms with van der Waals surface area (Å²) in [6.45, 7) is 2.46. The first kappa shape index (κ1) is 17.0. The standard InChI is InChI=1S/C21H22FNO3/c1-12-2-4-17(18(22)8-12)21(25)23-20(15-10-16(24)11-15)14-3-5-19-13(9-14)6-7-26-19/h2-5,8-9,15-16,20,24H,6-7,10-11H2,1H3,(H,23,25). The van der Waals surface area contributed by atoms with Crippen molar-refractivity contribution in [2.45, 2.75) is 38.3 Å². The number of fused-ring (bicyclic) bond motifs is 1. The average Bonchev–Trinajstić information content (AvgIpc) is 3.04. The van der Waals surface area contributed by atoms with E-state index in [9.17, 15) is 14.3 Å². The monoisotopic (exact) mass is 355 g/mol. The van der Waals surface area contributed by atoms with Gasteiger partial charge in [-0.25, -0.2) is 4.39 Å². The van der Waals surface area contributed by atoms with Gasteiger partial charge < -0.3 is 15.2 Å². The highest BCUT2D eigenvalue weighted by atomic mass is 19.1. The third kappa shape index (κ3) is 3.19. The smallest absolute Gasteiger partial charge is 0.254 e. The van der Waals surface area contributed by atoms with Gasteiger partial charge in [-0.2, -0.15) is 0 Å². The molecule has 136 valence electrons. The number of carbonyl (C=O) groups excluding carboxylic acids is 1. The van der Waals surface area contributed by atoms with Crippen molar-refractivity contribution in [1.82, 2.24) is 5.32 Å². The molecule has 0 spiro atoms. The molecular weight excluding hydrogens is 333 g/mol. The number of ether oxygens (including phenoxy) is 1. The first-order chi connectivity index (χ1) is 12.5. The molecule has 2 aromatic carbocycles. The van der Waals surface area contributed by atoms with Crippen LogP contribution in [0.25, 0.3) is 0 Å². The second kappa shape index (κ2) is 6.72. The SMILES string of the molecule is Cc1ccc(C(=O)NC(c2ccc3c(c2)CCO3)C2CC(O)C2)c(F)c1. The molecule has 2 aromatic rings. The van der Waals surface area contributed by atoms with Gasteiger partial charge >= 0.3 is 0 Å². The molecule has 1 amide bonds. The molecule has 0 bridgehead atoms. The minimum absolute atomic E-state index is 0.0463. The molecular formula is C21H22FNO3. The van der Waals surface area contributed by atoms with Crippen molar-refractivity contribution in [2.75, 3.05) is 6.61 Å². The van der Waals surface area contributed by atoms with E-state index in [-0.39, 0.29) is 23.6 Å². The van der Waals surface area contributed by atoms with E-state index < -0.39 is 11.7 Å². The van der Waals surface area contributed by atoms with Crippen molar-refractivity contribution in [1.29, 1.82) is 0 Å². The zero-order valence-corrected chi connectivity index (χ0v) is 14.7. The molecule has 1 aliphatic carbocycles.